The molecule has 11 nitrogen and oxygen atoms in total. The van der Waals surface area contributed by atoms with Crippen molar-refractivity contribution in [3.63, 3.8) is 0 Å². The van der Waals surface area contributed by atoms with Crippen LogP contribution in [0.3, 0.4) is 0 Å². The van der Waals surface area contributed by atoms with Gasteiger partial charge in [-0.15, -0.1) is 5.10 Å². The Morgan fingerprint density at radius 2 is 1.90 bits per heavy atom. The Labute approximate surface area is 244 Å². The summed E-state index contributed by atoms with van der Waals surface area (Å²) in [5.41, 5.74) is 3.49. The number of carbonyl (C=O) groups is 2. The molecule has 1 atom stereocenters. The fourth-order valence-electron chi connectivity index (χ4n) is 8.31. The minimum absolute atomic E-state index is 0.0905. The summed E-state index contributed by atoms with van der Waals surface area (Å²) in [5.74, 6) is 2.60. The van der Waals surface area contributed by atoms with Gasteiger partial charge >= 0.3 is 0 Å². The van der Waals surface area contributed by atoms with E-state index in [4.69, 9.17) is 10.1 Å². The molecule has 8 rings (SSSR count). The molecule has 0 spiro atoms. The molecule has 220 valence electrons. The number of aliphatic hydroxyl groups is 1. The number of nitrogens with zero attached hydrogens (tertiary/aromatic N) is 5. The molecule has 0 saturated heterocycles. The van der Waals surface area contributed by atoms with Gasteiger partial charge in [-0.2, -0.15) is 4.98 Å². The van der Waals surface area contributed by atoms with Crippen LogP contribution in [0.4, 0.5) is 11.6 Å². The fraction of sp³-hybridized carbons (Fsp3) is 0.548. The molecule has 4 N–H and O–H groups in total. The first-order valence-corrected chi connectivity index (χ1v) is 15.3. The van der Waals surface area contributed by atoms with Gasteiger partial charge in [0.15, 0.2) is 11.2 Å². The van der Waals surface area contributed by atoms with Gasteiger partial charge in [0, 0.05) is 24.0 Å². The molecule has 3 aromatic rings. The molecule has 2 amide bonds. The number of hydrogen-bond donors (Lipinski definition) is 4. The summed E-state index contributed by atoms with van der Waals surface area (Å²) in [6.45, 7) is 0.0771. The zero-order chi connectivity index (χ0) is 28.7. The highest BCUT2D eigenvalue weighted by Gasteiger charge is 2.54. The number of carbonyl (C=O) groups excluding carboxylic acids is 2. The van der Waals surface area contributed by atoms with E-state index in [0.29, 0.717) is 28.4 Å². The summed E-state index contributed by atoms with van der Waals surface area (Å²) in [5, 5.41) is 26.8. The standard InChI is InChI=1S/C31H38N8O3/c40-8-7-32-28(41)23-4-2-5-24(13-23)35-30-34-18-26-27(36-30)39(38-37-26)25-6-1-3-19(12-25)17-33-29(42)31-14-20-9-21(15-31)11-22(10-20)16-31/h2,4-5,13,17-18,20-22,25,40H,1,3,6-12,14-16H2,(H,32,41)(H,33,42)(H,34,35,36)/b19-17-. The largest absolute Gasteiger partial charge is 0.395 e. The lowest BCUT2D eigenvalue weighted by Gasteiger charge is -2.55. The van der Waals surface area contributed by atoms with Gasteiger partial charge in [0.05, 0.1) is 24.3 Å². The Balaban J connectivity index is 1.04. The lowest BCUT2D eigenvalue weighted by molar-refractivity contribution is -0.145. The van der Waals surface area contributed by atoms with Crippen LogP contribution in [0.25, 0.3) is 11.2 Å². The van der Waals surface area contributed by atoms with E-state index in [9.17, 15) is 9.59 Å². The molecular weight excluding hydrogens is 532 g/mol. The van der Waals surface area contributed by atoms with E-state index < -0.39 is 0 Å². The third-order valence-electron chi connectivity index (χ3n) is 9.80. The molecule has 5 fully saturated rings. The first-order chi connectivity index (χ1) is 20.5. The minimum atomic E-state index is -0.262. The van der Waals surface area contributed by atoms with Gasteiger partial charge in [-0.25, -0.2) is 9.67 Å². The molecule has 1 unspecified atom stereocenters. The van der Waals surface area contributed by atoms with Crippen LogP contribution in [0.1, 0.15) is 80.6 Å². The van der Waals surface area contributed by atoms with E-state index in [-0.39, 0.29) is 36.4 Å². The number of fused-ring (bicyclic) bond motifs is 1. The van der Waals surface area contributed by atoms with E-state index in [2.05, 4.69) is 31.2 Å². The van der Waals surface area contributed by atoms with Crippen molar-refractivity contribution >= 4 is 34.6 Å². The molecule has 0 aliphatic heterocycles. The number of allylic oxidation sites excluding steroid dienone is 1. The van der Waals surface area contributed by atoms with E-state index in [1.165, 1.54) is 24.8 Å². The van der Waals surface area contributed by atoms with Crippen LogP contribution < -0.4 is 16.0 Å². The second kappa shape index (κ2) is 11.1. The van der Waals surface area contributed by atoms with Crippen LogP contribution in [0.15, 0.2) is 42.2 Å². The van der Waals surface area contributed by atoms with Crippen molar-refractivity contribution in [1.82, 2.24) is 35.6 Å². The smallest absolute Gasteiger partial charge is 0.251 e. The third kappa shape index (κ3) is 5.26. The number of aliphatic hydroxyl groups excluding tert-OH is 1. The van der Waals surface area contributed by atoms with Crippen LogP contribution in [0, 0.1) is 23.2 Å². The molecule has 1 aromatic carbocycles. The van der Waals surface area contributed by atoms with Gasteiger partial charge in [0.25, 0.3) is 5.91 Å². The van der Waals surface area contributed by atoms with E-state index >= 15 is 0 Å². The van der Waals surface area contributed by atoms with Crippen LogP contribution >= 0.6 is 0 Å². The predicted octanol–water partition coefficient (Wildman–Crippen LogP) is 4.02. The third-order valence-corrected chi connectivity index (χ3v) is 9.80. The van der Waals surface area contributed by atoms with Crippen molar-refractivity contribution in [3.05, 3.63) is 47.8 Å². The zero-order valence-electron chi connectivity index (χ0n) is 23.8. The topological polar surface area (TPSA) is 147 Å². The monoisotopic (exact) mass is 570 g/mol. The Morgan fingerprint density at radius 3 is 2.67 bits per heavy atom. The Morgan fingerprint density at radius 1 is 1.12 bits per heavy atom. The van der Waals surface area contributed by atoms with E-state index in [1.807, 2.05) is 16.9 Å². The van der Waals surface area contributed by atoms with Crippen molar-refractivity contribution in [2.75, 3.05) is 18.5 Å². The molecular formula is C31H38N8O3. The normalized spacial score (nSPS) is 29.1. The van der Waals surface area contributed by atoms with Crippen LogP contribution in [-0.4, -0.2) is 55.0 Å². The Kier molecular flexibility index (Phi) is 7.13. The highest BCUT2D eigenvalue weighted by atomic mass is 16.3. The van der Waals surface area contributed by atoms with Crippen molar-refractivity contribution < 1.29 is 14.7 Å². The highest BCUT2D eigenvalue weighted by molar-refractivity contribution is 5.95. The fourth-order valence-corrected chi connectivity index (χ4v) is 8.31. The molecule has 5 saturated carbocycles. The summed E-state index contributed by atoms with van der Waals surface area (Å²) in [7, 11) is 0. The van der Waals surface area contributed by atoms with Crippen LogP contribution in [0.2, 0.25) is 0 Å². The van der Waals surface area contributed by atoms with Crippen molar-refractivity contribution in [3.8, 4) is 0 Å². The number of nitrogens with one attached hydrogen (secondary N) is 3. The summed E-state index contributed by atoms with van der Waals surface area (Å²) < 4.78 is 1.88. The van der Waals surface area contributed by atoms with Crippen molar-refractivity contribution in [1.29, 1.82) is 0 Å². The second-order valence-electron chi connectivity index (χ2n) is 12.8. The van der Waals surface area contributed by atoms with Crippen LogP contribution in [0.5, 0.6) is 0 Å². The number of hydrogen-bond acceptors (Lipinski definition) is 8. The lowest BCUT2D eigenvalue weighted by atomic mass is 9.49. The average molecular weight is 571 g/mol. The van der Waals surface area contributed by atoms with Crippen molar-refractivity contribution in [2.45, 2.75) is 70.3 Å². The second-order valence-corrected chi connectivity index (χ2v) is 12.8. The molecule has 0 radical (unpaired) electrons. The number of aromatic nitrogens is 5. The number of rotatable bonds is 8. The maximum absolute atomic E-state index is 13.5. The lowest BCUT2D eigenvalue weighted by Crippen LogP contribution is -2.52. The number of benzene rings is 1. The molecule has 2 heterocycles. The molecule has 2 aromatic heterocycles. The Hall–Kier alpha value is -3.86. The first-order valence-electron chi connectivity index (χ1n) is 15.3. The molecule has 42 heavy (non-hydrogen) atoms. The van der Waals surface area contributed by atoms with Gasteiger partial charge in [-0.3, -0.25) is 9.59 Å². The van der Waals surface area contributed by atoms with Gasteiger partial charge < -0.3 is 21.1 Å². The highest BCUT2D eigenvalue weighted by Crippen LogP contribution is 2.60. The summed E-state index contributed by atoms with van der Waals surface area (Å²) in [4.78, 5) is 34.9. The molecule has 4 bridgehead atoms. The SMILES string of the molecule is O=C(NCCO)c1cccc(Nc2ncc3nnn(C4CCC/C(=C/NC(=O)C56CC7CC(CC(C7)C5)C6)C4)c3n2)c1. The summed E-state index contributed by atoms with van der Waals surface area (Å²) in [6.07, 6.45) is 14.5. The van der Waals surface area contributed by atoms with Crippen LogP contribution in [-0.2, 0) is 4.79 Å². The maximum Gasteiger partial charge on any atom is 0.251 e. The molecule has 11 heteroatoms. The summed E-state index contributed by atoms with van der Waals surface area (Å²) >= 11 is 0. The average Bonchev–Trinajstić information content (AvgIpc) is 3.41. The molecule has 5 aliphatic carbocycles. The van der Waals surface area contributed by atoms with E-state index in [1.54, 1.807) is 24.4 Å². The predicted molar refractivity (Wildman–Crippen MR) is 157 cm³/mol. The number of amides is 2. The van der Waals surface area contributed by atoms with Gasteiger partial charge in [-0.05, 0) is 100 Å². The van der Waals surface area contributed by atoms with Crippen molar-refractivity contribution in [2.24, 2.45) is 23.2 Å². The van der Waals surface area contributed by atoms with E-state index in [0.717, 1.165) is 62.7 Å². The van der Waals surface area contributed by atoms with Gasteiger partial charge in [-0.1, -0.05) is 16.9 Å². The first kappa shape index (κ1) is 27.0. The zero-order valence-corrected chi connectivity index (χ0v) is 23.8. The van der Waals surface area contributed by atoms with Gasteiger partial charge in [0.1, 0.15) is 0 Å². The minimum Gasteiger partial charge on any atom is -0.395 e. The summed E-state index contributed by atoms with van der Waals surface area (Å²) in [6, 6.07) is 7.12. The Bertz CT molecular complexity index is 1500. The maximum atomic E-state index is 13.5. The quantitative estimate of drug-likeness (QED) is 0.318. The van der Waals surface area contributed by atoms with Gasteiger partial charge in [0.2, 0.25) is 11.9 Å². The molecule has 5 aliphatic rings. The number of anilines is 2.